The molecule has 0 aromatic rings. The minimum atomic E-state index is -0.361. The van der Waals surface area contributed by atoms with Crippen LogP contribution in [0, 0.1) is 5.41 Å². The number of hydrogen-bond donors (Lipinski definition) is 2. The highest BCUT2D eigenvalue weighted by Crippen LogP contribution is 2.26. The molecule has 2 atom stereocenters. The van der Waals surface area contributed by atoms with E-state index in [-0.39, 0.29) is 35.7 Å². The molecule has 0 radical (unpaired) electrons. The van der Waals surface area contributed by atoms with Crippen molar-refractivity contribution in [2.45, 2.75) is 32.2 Å². The Bertz CT molecular complexity index is 329. The van der Waals surface area contributed by atoms with Gasteiger partial charge < -0.3 is 15.5 Å². The number of rotatable bonds is 2. The zero-order chi connectivity index (χ0) is 12.5. The van der Waals surface area contributed by atoms with Crippen molar-refractivity contribution in [3.8, 4) is 0 Å². The predicted molar refractivity (Wildman–Crippen MR) is 71.6 cm³/mol. The second-order valence-electron chi connectivity index (χ2n) is 5.42. The molecule has 0 aromatic carbocycles. The van der Waals surface area contributed by atoms with Gasteiger partial charge in [-0.15, -0.1) is 12.4 Å². The van der Waals surface area contributed by atoms with Crippen LogP contribution in [-0.4, -0.2) is 49.4 Å². The first kappa shape index (κ1) is 15.2. The normalized spacial score (nSPS) is 32.0. The molecule has 2 fully saturated rings. The topological polar surface area (TPSA) is 61.4 Å². The first-order valence-corrected chi connectivity index (χ1v) is 6.30. The van der Waals surface area contributed by atoms with Crippen molar-refractivity contribution in [3.05, 3.63) is 0 Å². The highest BCUT2D eigenvalue weighted by Gasteiger charge is 2.38. The molecule has 2 heterocycles. The summed E-state index contributed by atoms with van der Waals surface area (Å²) in [5, 5.41) is 6.14. The maximum absolute atomic E-state index is 12.2. The van der Waals surface area contributed by atoms with Gasteiger partial charge in [0.25, 0.3) is 0 Å². The van der Waals surface area contributed by atoms with Gasteiger partial charge >= 0.3 is 0 Å². The van der Waals surface area contributed by atoms with Gasteiger partial charge in [-0.25, -0.2) is 0 Å². The summed E-state index contributed by atoms with van der Waals surface area (Å²) in [6.07, 6.45) is 2.63. The largest absolute Gasteiger partial charge is 0.344 e. The van der Waals surface area contributed by atoms with E-state index < -0.39 is 0 Å². The molecule has 104 valence electrons. The Labute approximate surface area is 114 Å². The molecule has 6 heteroatoms. The number of nitrogens with one attached hydrogen (secondary N) is 2. The average Bonchev–Trinajstić information content (AvgIpc) is 2.62. The highest BCUT2D eigenvalue weighted by atomic mass is 35.5. The fourth-order valence-corrected chi connectivity index (χ4v) is 2.54. The zero-order valence-electron chi connectivity index (χ0n) is 11.0. The molecule has 2 aliphatic rings. The second kappa shape index (κ2) is 5.89. The second-order valence-corrected chi connectivity index (χ2v) is 5.42. The van der Waals surface area contributed by atoms with Gasteiger partial charge in [0, 0.05) is 20.1 Å². The molecular weight excluding hydrogens is 254 g/mol. The van der Waals surface area contributed by atoms with Crippen molar-refractivity contribution in [3.63, 3.8) is 0 Å². The SMILES string of the molecule is CN1CCC(NC(=O)C2(C)CCCNC2)C1=O.Cl. The van der Waals surface area contributed by atoms with Crippen molar-refractivity contribution < 1.29 is 9.59 Å². The van der Waals surface area contributed by atoms with Crippen LogP contribution < -0.4 is 10.6 Å². The lowest BCUT2D eigenvalue weighted by Crippen LogP contribution is -2.52. The van der Waals surface area contributed by atoms with Gasteiger partial charge in [-0.3, -0.25) is 9.59 Å². The maximum atomic E-state index is 12.2. The number of hydrogen-bond acceptors (Lipinski definition) is 3. The number of carbonyl (C=O) groups is 2. The van der Waals surface area contributed by atoms with Crippen LogP contribution in [0.2, 0.25) is 0 Å². The summed E-state index contributed by atoms with van der Waals surface area (Å²) in [4.78, 5) is 25.6. The molecule has 5 nitrogen and oxygen atoms in total. The Morgan fingerprint density at radius 1 is 1.56 bits per heavy atom. The van der Waals surface area contributed by atoms with Gasteiger partial charge in [0.2, 0.25) is 11.8 Å². The molecule has 2 saturated heterocycles. The number of likely N-dealkylation sites (tertiary alicyclic amines) is 1. The van der Waals surface area contributed by atoms with E-state index >= 15 is 0 Å². The van der Waals surface area contributed by atoms with E-state index in [0.717, 1.165) is 32.4 Å². The van der Waals surface area contributed by atoms with E-state index in [1.807, 2.05) is 6.92 Å². The summed E-state index contributed by atoms with van der Waals surface area (Å²) in [5.41, 5.74) is -0.361. The number of amides is 2. The van der Waals surface area contributed by atoms with Gasteiger partial charge in [0.15, 0.2) is 0 Å². The highest BCUT2D eigenvalue weighted by molar-refractivity contribution is 5.91. The van der Waals surface area contributed by atoms with Crippen LogP contribution >= 0.6 is 12.4 Å². The first-order valence-electron chi connectivity index (χ1n) is 6.30. The first-order chi connectivity index (χ1) is 8.03. The molecule has 18 heavy (non-hydrogen) atoms. The molecule has 0 bridgehead atoms. The standard InChI is InChI=1S/C12H21N3O2.ClH/c1-12(5-3-6-13-8-12)11(17)14-9-4-7-15(2)10(9)16;/h9,13H,3-8H2,1-2H3,(H,14,17);1H. The van der Waals surface area contributed by atoms with Gasteiger partial charge in [-0.1, -0.05) is 0 Å². The Balaban J connectivity index is 0.00000162. The van der Waals surface area contributed by atoms with Gasteiger partial charge in [0.1, 0.15) is 6.04 Å². The quantitative estimate of drug-likeness (QED) is 0.754. The lowest BCUT2D eigenvalue weighted by atomic mass is 9.81. The number of nitrogens with zero attached hydrogens (tertiary/aromatic N) is 1. The Morgan fingerprint density at radius 2 is 2.28 bits per heavy atom. The van der Waals surface area contributed by atoms with Crippen molar-refractivity contribution in [2.75, 3.05) is 26.7 Å². The Morgan fingerprint density at radius 3 is 2.78 bits per heavy atom. The lowest BCUT2D eigenvalue weighted by molar-refractivity contribution is -0.136. The molecule has 2 rings (SSSR count). The van der Waals surface area contributed by atoms with Gasteiger partial charge in [-0.05, 0) is 32.7 Å². The maximum Gasteiger partial charge on any atom is 0.244 e. The summed E-state index contributed by atoms with van der Waals surface area (Å²) in [7, 11) is 1.78. The molecule has 2 unspecified atom stereocenters. The van der Waals surface area contributed by atoms with Crippen LogP contribution in [0.25, 0.3) is 0 Å². The minimum absolute atomic E-state index is 0. The van der Waals surface area contributed by atoms with Crippen molar-refractivity contribution in [1.29, 1.82) is 0 Å². The molecule has 0 spiro atoms. The molecule has 0 aromatic heterocycles. The summed E-state index contributed by atoms with van der Waals surface area (Å²) >= 11 is 0. The van der Waals surface area contributed by atoms with Crippen LogP contribution in [0.1, 0.15) is 26.2 Å². The van der Waals surface area contributed by atoms with Gasteiger partial charge in [-0.2, -0.15) is 0 Å². The van der Waals surface area contributed by atoms with E-state index in [1.54, 1.807) is 11.9 Å². The molecular formula is C12H22ClN3O2. The monoisotopic (exact) mass is 275 g/mol. The number of piperidine rings is 1. The van der Waals surface area contributed by atoms with Gasteiger partial charge in [0.05, 0.1) is 5.41 Å². The fourth-order valence-electron chi connectivity index (χ4n) is 2.54. The lowest BCUT2D eigenvalue weighted by Gasteiger charge is -2.33. The van der Waals surface area contributed by atoms with Crippen LogP contribution in [0.4, 0.5) is 0 Å². The third kappa shape index (κ3) is 2.95. The minimum Gasteiger partial charge on any atom is -0.344 e. The van der Waals surface area contributed by atoms with Crippen LogP contribution in [0.15, 0.2) is 0 Å². The Hall–Kier alpha value is -0.810. The molecule has 2 amide bonds. The van der Waals surface area contributed by atoms with Crippen molar-refractivity contribution >= 4 is 24.2 Å². The fraction of sp³-hybridized carbons (Fsp3) is 0.833. The third-order valence-corrected chi connectivity index (χ3v) is 3.88. The molecule has 2 N–H and O–H groups in total. The number of carbonyl (C=O) groups excluding carboxylic acids is 2. The zero-order valence-corrected chi connectivity index (χ0v) is 11.8. The molecule has 2 aliphatic heterocycles. The van der Waals surface area contributed by atoms with E-state index in [2.05, 4.69) is 10.6 Å². The van der Waals surface area contributed by atoms with Crippen molar-refractivity contribution in [1.82, 2.24) is 15.5 Å². The van der Waals surface area contributed by atoms with E-state index in [4.69, 9.17) is 0 Å². The van der Waals surface area contributed by atoms with E-state index in [1.165, 1.54) is 0 Å². The van der Waals surface area contributed by atoms with Crippen LogP contribution in [0.3, 0.4) is 0 Å². The molecule has 0 saturated carbocycles. The summed E-state index contributed by atoms with van der Waals surface area (Å²) in [5.74, 6) is 0.0454. The summed E-state index contributed by atoms with van der Waals surface area (Å²) < 4.78 is 0. The third-order valence-electron chi connectivity index (χ3n) is 3.88. The smallest absolute Gasteiger partial charge is 0.244 e. The van der Waals surface area contributed by atoms with E-state index in [9.17, 15) is 9.59 Å². The number of likely N-dealkylation sites (N-methyl/N-ethyl adjacent to an activating group) is 1. The average molecular weight is 276 g/mol. The summed E-state index contributed by atoms with van der Waals surface area (Å²) in [6, 6.07) is -0.314. The van der Waals surface area contributed by atoms with Crippen LogP contribution in [0.5, 0.6) is 0 Å². The van der Waals surface area contributed by atoms with E-state index in [0.29, 0.717) is 6.54 Å². The number of halogens is 1. The Kier molecular flexibility index (Phi) is 4.99. The molecule has 0 aliphatic carbocycles. The van der Waals surface area contributed by atoms with Crippen molar-refractivity contribution in [2.24, 2.45) is 5.41 Å². The summed E-state index contributed by atoms with van der Waals surface area (Å²) in [6.45, 7) is 4.39. The van der Waals surface area contributed by atoms with Crippen LogP contribution in [-0.2, 0) is 9.59 Å². The predicted octanol–water partition coefficient (Wildman–Crippen LogP) is 0.145.